The van der Waals surface area contributed by atoms with Gasteiger partial charge in [0.1, 0.15) is 5.75 Å². The molecule has 0 aliphatic heterocycles. The average molecular weight is 318 g/mol. The van der Waals surface area contributed by atoms with Gasteiger partial charge in [-0.15, -0.1) is 11.3 Å². The Bertz CT molecular complexity index is 579. The van der Waals surface area contributed by atoms with Crippen LogP contribution in [-0.4, -0.2) is 38.1 Å². The molecular formula is C17H22N2O2S. The number of rotatable bonds is 7. The molecule has 22 heavy (non-hydrogen) atoms. The Morgan fingerprint density at radius 2 is 2.00 bits per heavy atom. The van der Waals surface area contributed by atoms with Crippen molar-refractivity contribution < 1.29 is 9.53 Å². The highest BCUT2D eigenvalue weighted by atomic mass is 32.1. The number of likely N-dealkylation sites (N-methyl/N-ethyl adjacent to an activating group) is 1. The molecule has 2 aromatic rings. The highest BCUT2D eigenvalue weighted by molar-refractivity contribution is 7.10. The Labute approximate surface area is 135 Å². The standard InChI is InChI=1S/C17H22N2O2S/c1-13-6-8-14(9-7-13)21-12-17(20)18-11-15(19(2)3)16-5-4-10-22-16/h4-10,15H,11-12H2,1-3H3,(H,18,20). The Kier molecular flexibility index (Phi) is 5.98. The molecule has 1 N–H and O–H groups in total. The maximum Gasteiger partial charge on any atom is 0.258 e. The van der Waals surface area contributed by atoms with Gasteiger partial charge in [-0.1, -0.05) is 23.8 Å². The molecule has 0 bridgehead atoms. The van der Waals surface area contributed by atoms with Crippen LogP contribution in [0.4, 0.5) is 0 Å². The van der Waals surface area contributed by atoms with Gasteiger partial charge in [0.2, 0.25) is 0 Å². The van der Waals surface area contributed by atoms with E-state index in [1.54, 1.807) is 11.3 Å². The van der Waals surface area contributed by atoms with Crippen LogP contribution in [0.2, 0.25) is 0 Å². The van der Waals surface area contributed by atoms with Crippen molar-refractivity contribution in [1.29, 1.82) is 0 Å². The van der Waals surface area contributed by atoms with E-state index in [1.807, 2.05) is 56.7 Å². The molecule has 0 saturated heterocycles. The number of amides is 1. The summed E-state index contributed by atoms with van der Waals surface area (Å²) < 4.78 is 5.48. The molecule has 1 heterocycles. The number of hydrogen-bond donors (Lipinski definition) is 1. The summed E-state index contributed by atoms with van der Waals surface area (Å²) in [6.07, 6.45) is 0. The lowest BCUT2D eigenvalue weighted by atomic mass is 10.2. The molecule has 0 saturated carbocycles. The first-order chi connectivity index (χ1) is 10.6. The van der Waals surface area contributed by atoms with E-state index >= 15 is 0 Å². The normalized spacial score (nSPS) is 12.2. The zero-order valence-corrected chi connectivity index (χ0v) is 14.0. The van der Waals surface area contributed by atoms with Crippen molar-refractivity contribution in [1.82, 2.24) is 10.2 Å². The molecule has 2 rings (SSSR count). The summed E-state index contributed by atoms with van der Waals surface area (Å²) in [5.41, 5.74) is 1.17. The van der Waals surface area contributed by atoms with E-state index < -0.39 is 0 Å². The zero-order valence-electron chi connectivity index (χ0n) is 13.2. The minimum atomic E-state index is -0.107. The Balaban J connectivity index is 1.80. The van der Waals surface area contributed by atoms with E-state index in [0.717, 1.165) is 0 Å². The van der Waals surface area contributed by atoms with E-state index in [1.165, 1.54) is 10.4 Å². The first kappa shape index (κ1) is 16.5. The van der Waals surface area contributed by atoms with Gasteiger partial charge in [0.05, 0.1) is 6.04 Å². The molecule has 0 radical (unpaired) electrons. The van der Waals surface area contributed by atoms with Crippen LogP contribution in [0.15, 0.2) is 41.8 Å². The van der Waals surface area contributed by atoms with Gasteiger partial charge in [-0.05, 0) is 44.6 Å². The van der Waals surface area contributed by atoms with E-state index in [4.69, 9.17) is 4.74 Å². The van der Waals surface area contributed by atoms with Crippen LogP contribution in [0.3, 0.4) is 0 Å². The summed E-state index contributed by atoms with van der Waals surface area (Å²) in [7, 11) is 4.03. The fourth-order valence-corrected chi connectivity index (χ4v) is 2.99. The van der Waals surface area contributed by atoms with Crippen LogP contribution < -0.4 is 10.1 Å². The van der Waals surface area contributed by atoms with Crippen molar-refractivity contribution >= 4 is 17.2 Å². The van der Waals surface area contributed by atoms with E-state index in [-0.39, 0.29) is 18.6 Å². The minimum Gasteiger partial charge on any atom is -0.484 e. The molecular weight excluding hydrogens is 296 g/mol. The summed E-state index contributed by atoms with van der Waals surface area (Å²) in [5, 5.41) is 4.98. The first-order valence-corrected chi connectivity index (χ1v) is 8.10. The molecule has 0 aliphatic rings. The van der Waals surface area contributed by atoms with Gasteiger partial charge in [0.15, 0.2) is 6.61 Å². The topological polar surface area (TPSA) is 41.6 Å². The van der Waals surface area contributed by atoms with Gasteiger partial charge in [0.25, 0.3) is 5.91 Å². The predicted molar refractivity (Wildman–Crippen MR) is 90.4 cm³/mol. The molecule has 0 fully saturated rings. The molecule has 1 atom stereocenters. The second kappa shape index (κ2) is 7.96. The highest BCUT2D eigenvalue weighted by Gasteiger charge is 2.16. The minimum absolute atomic E-state index is 0.0354. The van der Waals surface area contributed by atoms with Crippen LogP contribution in [-0.2, 0) is 4.79 Å². The smallest absolute Gasteiger partial charge is 0.258 e. The monoisotopic (exact) mass is 318 g/mol. The molecule has 0 aliphatic carbocycles. The molecule has 1 unspecified atom stereocenters. The summed E-state index contributed by atoms with van der Waals surface area (Å²) >= 11 is 1.70. The second-order valence-electron chi connectivity index (χ2n) is 5.40. The highest BCUT2D eigenvalue weighted by Crippen LogP contribution is 2.22. The predicted octanol–water partition coefficient (Wildman–Crippen LogP) is 2.85. The Hall–Kier alpha value is -1.85. The maximum atomic E-state index is 11.9. The van der Waals surface area contributed by atoms with Crippen molar-refractivity contribution in [2.45, 2.75) is 13.0 Å². The number of nitrogens with zero attached hydrogens (tertiary/aromatic N) is 1. The third-order valence-electron chi connectivity index (χ3n) is 3.38. The molecule has 4 nitrogen and oxygen atoms in total. The summed E-state index contributed by atoms with van der Waals surface area (Å²) in [4.78, 5) is 15.3. The quantitative estimate of drug-likeness (QED) is 0.853. The van der Waals surface area contributed by atoms with E-state index in [0.29, 0.717) is 12.3 Å². The summed E-state index contributed by atoms with van der Waals surface area (Å²) in [5.74, 6) is 0.604. The zero-order chi connectivity index (χ0) is 15.9. The third kappa shape index (κ3) is 4.86. The number of thiophene rings is 1. The van der Waals surface area contributed by atoms with Crippen LogP contribution in [0.25, 0.3) is 0 Å². The van der Waals surface area contributed by atoms with Crippen molar-refractivity contribution in [2.24, 2.45) is 0 Å². The van der Waals surface area contributed by atoms with Gasteiger partial charge in [-0.3, -0.25) is 4.79 Å². The molecule has 5 heteroatoms. The van der Waals surface area contributed by atoms with Gasteiger partial charge >= 0.3 is 0 Å². The van der Waals surface area contributed by atoms with E-state index in [2.05, 4.69) is 16.3 Å². The largest absolute Gasteiger partial charge is 0.484 e. The van der Waals surface area contributed by atoms with Crippen molar-refractivity contribution in [3.63, 3.8) is 0 Å². The fourth-order valence-electron chi connectivity index (χ4n) is 2.06. The van der Waals surface area contributed by atoms with E-state index in [9.17, 15) is 4.79 Å². The number of carbonyl (C=O) groups excluding carboxylic acids is 1. The van der Waals surface area contributed by atoms with Gasteiger partial charge in [0, 0.05) is 11.4 Å². The summed E-state index contributed by atoms with van der Waals surface area (Å²) in [6.45, 7) is 2.62. The number of carbonyl (C=O) groups is 1. The lowest BCUT2D eigenvalue weighted by Gasteiger charge is -2.23. The van der Waals surface area contributed by atoms with Crippen LogP contribution in [0, 0.1) is 6.92 Å². The number of hydrogen-bond acceptors (Lipinski definition) is 4. The number of aryl methyl sites for hydroxylation is 1. The summed E-state index contributed by atoms with van der Waals surface area (Å²) in [6, 6.07) is 12.0. The average Bonchev–Trinajstić information content (AvgIpc) is 3.00. The fraction of sp³-hybridized carbons (Fsp3) is 0.353. The van der Waals surface area contributed by atoms with Gasteiger partial charge in [-0.25, -0.2) is 0 Å². The third-order valence-corrected chi connectivity index (χ3v) is 4.35. The molecule has 1 amide bonds. The van der Waals surface area contributed by atoms with Crippen molar-refractivity contribution in [2.75, 3.05) is 27.2 Å². The van der Waals surface area contributed by atoms with Gasteiger partial charge in [-0.2, -0.15) is 0 Å². The molecule has 0 spiro atoms. The maximum absolute atomic E-state index is 11.9. The van der Waals surface area contributed by atoms with Crippen LogP contribution in [0.5, 0.6) is 5.75 Å². The lowest BCUT2D eigenvalue weighted by Crippen LogP contribution is -2.36. The van der Waals surface area contributed by atoms with Crippen molar-refractivity contribution in [3.8, 4) is 5.75 Å². The van der Waals surface area contributed by atoms with Crippen LogP contribution in [0.1, 0.15) is 16.5 Å². The second-order valence-corrected chi connectivity index (χ2v) is 6.38. The molecule has 1 aromatic carbocycles. The molecule has 1 aromatic heterocycles. The SMILES string of the molecule is Cc1ccc(OCC(=O)NCC(c2cccs2)N(C)C)cc1. The lowest BCUT2D eigenvalue weighted by molar-refractivity contribution is -0.123. The van der Waals surface area contributed by atoms with Crippen molar-refractivity contribution in [3.05, 3.63) is 52.2 Å². The number of benzene rings is 1. The van der Waals surface area contributed by atoms with Crippen LogP contribution >= 0.6 is 11.3 Å². The number of nitrogens with one attached hydrogen (secondary N) is 1. The van der Waals surface area contributed by atoms with Gasteiger partial charge < -0.3 is 15.0 Å². The Morgan fingerprint density at radius 3 is 2.59 bits per heavy atom. The number of ether oxygens (including phenoxy) is 1. The Morgan fingerprint density at radius 1 is 1.27 bits per heavy atom. The first-order valence-electron chi connectivity index (χ1n) is 7.22. The molecule has 118 valence electrons.